The fourth-order valence-corrected chi connectivity index (χ4v) is 8.72. The Morgan fingerprint density at radius 3 is 1.82 bits per heavy atom. The van der Waals surface area contributed by atoms with E-state index in [2.05, 4.69) is 165 Å². The van der Waals surface area contributed by atoms with Crippen LogP contribution in [0.4, 0.5) is 0 Å². The van der Waals surface area contributed by atoms with E-state index in [0.717, 1.165) is 60.6 Å². The molecule has 0 unspecified atom stereocenters. The maximum atomic E-state index is 5.21. The predicted molar refractivity (Wildman–Crippen MR) is 212 cm³/mol. The van der Waals surface area contributed by atoms with Gasteiger partial charge in [-0.25, -0.2) is 4.98 Å². The summed E-state index contributed by atoms with van der Waals surface area (Å²) in [5, 5.41) is 9.42. The van der Waals surface area contributed by atoms with Crippen LogP contribution >= 0.6 is 0 Å². The summed E-state index contributed by atoms with van der Waals surface area (Å²) in [6.45, 7) is 0. The average molecular weight is 650 g/mol. The molecule has 0 aliphatic carbocycles. The molecule has 5 aromatic heterocycles. The van der Waals surface area contributed by atoms with Gasteiger partial charge in [0.15, 0.2) is 0 Å². The van der Waals surface area contributed by atoms with Crippen molar-refractivity contribution < 1.29 is 0 Å². The third-order valence-corrected chi connectivity index (χ3v) is 10.8. The van der Waals surface area contributed by atoms with E-state index >= 15 is 0 Å². The Morgan fingerprint density at radius 1 is 0.412 bits per heavy atom. The fourth-order valence-electron chi connectivity index (χ4n) is 8.72. The number of para-hydroxylation sites is 5. The number of aromatic nitrogens is 5. The summed E-state index contributed by atoms with van der Waals surface area (Å²) >= 11 is 0. The van der Waals surface area contributed by atoms with Crippen molar-refractivity contribution in [2.45, 2.75) is 0 Å². The van der Waals surface area contributed by atoms with Crippen LogP contribution in [0.15, 0.2) is 164 Å². The lowest BCUT2D eigenvalue weighted by Crippen LogP contribution is -2.00. The molecular weight excluding hydrogens is 623 g/mol. The Labute approximate surface area is 290 Å². The Morgan fingerprint density at radius 2 is 1.06 bits per heavy atom. The molecule has 0 aliphatic heterocycles. The predicted octanol–water partition coefficient (Wildman–Crippen LogP) is 11.5. The molecule has 0 radical (unpaired) electrons. The highest BCUT2D eigenvalue weighted by molar-refractivity contribution is 6.25. The standard InChI is InChI=1S/C46H27N5/c1-2-12-29(13-3-1)49-38-17-7-4-14-31(38)34-23-24-35-32-15-5-8-18-39(32)50(45(35)44(34)49)30-21-25-40-36(27-30)33-22-20-28-11-10-26-47-43(28)42(33)46-48-37-16-6-9-19-41(37)51(40)46/h1-27H. The van der Waals surface area contributed by atoms with E-state index in [0.29, 0.717) is 0 Å². The van der Waals surface area contributed by atoms with E-state index in [1.165, 1.54) is 43.6 Å². The average Bonchev–Trinajstić information content (AvgIpc) is 3.86. The van der Waals surface area contributed by atoms with E-state index in [1.54, 1.807) is 0 Å². The van der Waals surface area contributed by atoms with Gasteiger partial charge in [-0.1, -0.05) is 97.1 Å². The summed E-state index contributed by atoms with van der Waals surface area (Å²) in [6, 6.07) is 56.9. The van der Waals surface area contributed by atoms with Crippen molar-refractivity contribution in [3.63, 3.8) is 0 Å². The molecule has 5 nitrogen and oxygen atoms in total. The van der Waals surface area contributed by atoms with Gasteiger partial charge in [0.1, 0.15) is 5.65 Å². The third-order valence-electron chi connectivity index (χ3n) is 10.8. The summed E-state index contributed by atoms with van der Waals surface area (Å²) in [7, 11) is 0. The molecule has 0 spiro atoms. The van der Waals surface area contributed by atoms with Crippen LogP contribution in [0.1, 0.15) is 0 Å². The van der Waals surface area contributed by atoms with Crippen molar-refractivity contribution in [1.29, 1.82) is 0 Å². The Hall–Kier alpha value is -6.98. The maximum absolute atomic E-state index is 5.21. The summed E-state index contributed by atoms with van der Waals surface area (Å²) in [4.78, 5) is 10.1. The molecule has 7 aromatic carbocycles. The van der Waals surface area contributed by atoms with E-state index < -0.39 is 0 Å². The van der Waals surface area contributed by atoms with E-state index in [1.807, 2.05) is 12.3 Å². The van der Waals surface area contributed by atoms with Gasteiger partial charge in [0.25, 0.3) is 0 Å². The van der Waals surface area contributed by atoms with Gasteiger partial charge < -0.3 is 9.13 Å². The highest BCUT2D eigenvalue weighted by atomic mass is 15.1. The van der Waals surface area contributed by atoms with Gasteiger partial charge in [-0.05, 0) is 66.0 Å². The van der Waals surface area contributed by atoms with Gasteiger partial charge in [0.2, 0.25) is 0 Å². The second-order valence-corrected chi connectivity index (χ2v) is 13.4. The molecule has 0 amide bonds. The highest BCUT2D eigenvalue weighted by Gasteiger charge is 2.22. The smallest absolute Gasteiger partial charge is 0.148 e. The fraction of sp³-hybridized carbons (Fsp3) is 0. The van der Waals surface area contributed by atoms with Crippen LogP contribution in [0.5, 0.6) is 0 Å². The quantitative estimate of drug-likeness (QED) is 0.175. The molecule has 0 saturated carbocycles. The summed E-state index contributed by atoms with van der Waals surface area (Å²) in [6.07, 6.45) is 1.89. The van der Waals surface area contributed by atoms with Crippen LogP contribution in [0.25, 0.3) is 104 Å². The van der Waals surface area contributed by atoms with E-state index in [4.69, 9.17) is 9.97 Å². The maximum Gasteiger partial charge on any atom is 0.148 e. The first-order valence-electron chi connectivity index (χ1n) is 17.3. The van der Waals surface area contributed by atoms with Crippen molar-refractivity contribution in [1.82, 2.24) is 23.5 Å². The number of hydrogen-bond donors (Lipinski definition) is 0. The molecule has 0 atom stereocenters. The minimum Gasteiger partial charge on any atom is -0.307 e. The van der Waals surface area contributed by atoms with Crippen molar-refractivity contribution in [2.75, 3.05) is 0 Å². The van der Waals surface area contributed by atoms with Gasteiger partial charge in [-0.3, -0.25) is 9.38 Å². The lowest BCUT2D eigenvalue weighted by atomic mass is 10.0. The van der Waals surface area contributed by atoms with Crippen molar-refractivity contribution in [2.24, 2.45) is 0 Å². The first-order valence-corrected chi connectivity index (χ1v) is 17.3. The third kappa shape index (κ3) is 3.49. The minimum absolute atomic E-state index is 0.932. The second kappa shape index (κ2) is 9.80. The molecule has 236 valence electrons. The number of nitrogens with zero attached hydrogens (tertiary/aromatic N) is 5. The van der Waals surface area contributed by atoms with Crippen LogP contribution in [-0.2, 0) is 0 Å². The summed E-state index contributed by atoms with van der Waals surface area (Å²) < 4.78 is 7.24. The van der Waals surface area contributed by atoms with Crippen molar-refractivity contribution >= 4 is 92.9 Å². The molecule has 12 aromatic rings. The Balaban J connectivity index is 1.29. The largest absolute Gasteiger partial charge is 0.307 e. The van der Waals surface area contributed by atoms with Gasteiger partial charge >= 0.3 is 0 Å². The SMILES string of the molecule is c1ccc(-n2c3ccccc3c3ccc4c5ccccc5n(-c5ccc6c(c5)c5ccc7cccnc7c5c5nc7ccccc7n65)c4c32)cc1. The molecule has 5 heterocycles. The second-order valence-electron chi connectivity index (χ2n) is 13.4. The molecule has 5 heteroatoms. The van der Waals surface area contributed by atoms with Gasteiger partial charge in [-0.2, -0.15) is 0 Å². The minimum atomic E-state index is 0.932. The van der Waals surface area contributed by atoms with Crippen molar-refractivity contribution in [3.8, 4) is 11.4 Å². The molecule has 0 saturated heterocycles. The Bertz CT molecular complexity index is 3420. The van der Waals surface area contributed by atoms with Crippen LogP contribution in [-0.4, -0.2) is 23.5 Å². The molecule has 0 N–H and O–H groups in total. The lowest BCUT2D eigenvalue weighted by Gasteiger charge is -2.15. The first kappa shape index (κ1) is 26.9. The van der Waals surface area contributed by atoms with Gasteiger partial charge in [0, 0.05) is 49.9 Å². The number of pyridine rings is 2. The normalized spacial score (nSPS) is 12.3. The molecule has 51 heavy (non-hydrogen) atoms. The summed E-state index contributed by atoms with van der Waals surface area (Å²) in [5.74, 6) is 0. The summed E-state index contributed by atoms with van der Waals surface area (Å²) in [5.41, 5.74) is 12.1. The lowest BCUT2D eigenvalue weighted by molar-refractivity contribution is 1.15. The monoisotopic (exact) mass is 649 g/mol. The first-order chi connectivity index (χ1) is 25.3. The van der Waals surface area contributed by atoms with Crippen molar-refractivity contribution in [3.05, 3.63) is 164 Å². The van der Waals surface area contributed by atoms with Crippen LogP contribution in [0, 0.1) is 0 Å². The molecular formula is C46H27N5. The van der Waals surface area contributed by atoms with Crippen LogP contribution in [0.2, 0.25) is 0 Å². The van der Waals surface area contributed by atoms with E-state index in [-0.39, 0.29) is 0 Å². The zero-order chi connectivity index (χ0) is 33.2. The molecule has 0 bridgehead atoms. The topological polar surface area (TPSA) is 40.0 Å². The number of imidazole rings is 1. The zero-order valence-electron chi connectivity index (χ0n) is 27.3. The Kier molecular flexibility index (Phi) is 5.17. The molecule has 12 rings (SSSR count). The van der Waals surface area contributed by atoms with Crippen LogP contribution in [0.3, 0.4) is 0 Å². The highest BCUT2D eigenvalue weighted by Crippen LogP contribution is 2.43. The molecule has 0 aliphatic rings. The molecule has 0 fully saturated rings. The van der Waals surface area contributed by atoms with Gasteiger partial charge in [0.05, 0.1) is 49.5 Å². The zero-order valence-corrected chi connectivity index (χ0v) is 27.3. The number of benzene rings is 7. The number of rotatable bonds is 2. The number of hydrogen-bond acceptors (Lipinski definition) is 2. The van der Waals surface area contributed by atoms with Crippen LogP contribution < -0.4 is 0 Å². The number of fused-ring (bicyclic) bond motifs is 17. The van der Waals surface area contributed by atoms with Gasteiger partial charge in [-0.15, -0.1) is 0 Å². The van der Waals surface area contributed by atoms with E-state index in [9.17, 15) is 0 Å².